The van der Waals surface area contributed by atoms with Gasteiger partial charge in [-0.15, -0.1) is 23.2 Å². The van der Waals surface area contributed by atoms with Crippen LogP contribution in [0.2, 0.25) is 0 Å². The molecule has 0 bridgehead atoms. The van der Waals surface area contributed by atoms with Crippen molar-refractivity contribution in [3.63, 3.8) is 0 Å². The number of halogens is 3. The first-order valence-corrected chi connectivity index (χ1v) is 11.7. The summed E-state index contributed by atoms with van der Waals surface area (Å²) in [7, 11) is 0. The van der Waals surface area contributed by atoms with E-state index in [-0.39, 0.29) is 12.2 Å². The third-order valence-electron chi connectivity index (χ3n) is 5.29. The third kappa shape index (κ3) is 6.12. The van der Waals surface area contributed by atoms with Crippen LogP contribution >= 0.6 is 23.2 Å². The highest BCUT2D eigenvalue weighted by Gasteiger charge is 2.24. The van der Waals surface area contributed by atoms with Gasteiger partial charge in [0.1, 0.15) is 16.6 Å². The minimum absolute atomic E-state index is 0.238. The van der Waals surface area contributed by atoms with Gasteiger partial charge < -0.3 is 10.6 Å². The number of aryl methyl sites for hydroxylation is 3. The van der Waals surface area contributed by atoms with Gasteiger partial charge in [-0.1, -0.05) is 0 Å². The number of amides is 2. The van der Waals surface area contributed by atoms with E-state index in [0.717, 1.165) is 11.3 Å². The number of aromatic amines is 1. The lowest BCUT2D eigenvalue weighted by molar-refractivity contribution is -0.118. The molecule has 0 unspecified atom stereocenters. The van der Waals surface area contributed by atoms with Crippen molar-refractivity contribution in [1.29, 1.82) is 0 Å². The van der Waals surface area contributed by atoms with E-state index in [0.29, 0.717) is 36.3 Å². The molecule has 0 aliphatic carbocycles. The maximum absolute atomic E-state index is 14.8. The number of hydrogen-bond acceptors (Lipinski definition) is 5. The van der Waals surface area contributed by atoms with Crippen molar-refractivity contribution in [2.24, 2.45) is 0 Å². The van der Waals surface area contributed by atoms with Crippen LogP contribution in [0.15, 0.2) is 24.5 Å². The Morgan fingerprint density at radius 2 is 2.03 bits per heavy atom. The number of carbonyl (C=O) groups excluding carboxylic acids is 2. The van der Waals surface area contributed by atoms with Crippen LogP contribution < -0.4 is 10.6 Å². The number of anilines is 1. The van der Waals surface area contributed by atoms with E-state index in [1.807, 2.05) is 13.8 Å². The topological polar surface area (TPSA) is 118 Å². The minimum atomic E-state index is -0.959. The zero-order valence-electron chi connectivity index (χ0n) is 19.0. The van der Waals surface area contributed by atoms with Crippen LogP contribution in [0.1, 0.15) is 48.1 Å². The first-order chi connectivity index (χ1) is 16.2. The van der Waals surface area contributed by atoms with Crippen LogP contribution in [-0.4, -0.2) is 47.7 Å². The van der Waals surface area contributed by atoms with Gasteiger partial charge in [0, 0.05) is 35.8 Å². The van der Waals surface area contributed by atoms with Crippen molar-refractivity contribution in [1.82, 2.24) is 30.3 Å². The number of nitrogens with zero attached hydrogens (tertiary/aromatic N) is 4. The fourth-order valence-corrected chi connectivity index (χ4v) is 3.91. The van der Waals surface area contributed by atoms with Gasteiger partial charge >= 0.3 is 0 Å². The van der Waals surface area contributed by atoms with Gasteiger partial charge in [0.05, 0.1) is 5.69 Å². The fourth-order valence-electron chi connectivity index (χ4n) is 3.60. The molecule has 1 atom stereocenters. The summed E-state index contributed by atoms with van der Waals surface area (Å²) < 4.78 is 16.3. The predicted molar refractivity (Wildman–Crippen MR) is 128 cm³/mol. The summed E-state index contributed by atoms with van der Waals surface area (Å²) in [6.07, 6.45) is 4.12. The maximum Gasteiger partial charge on any atom is 0.270 e. The SMILES string of the molecule is CCn1nccc1C(=O)N[C@H](CCCC(Cl)Cl)C(=O)Nc1ncc(-c2c(C)n[nH]c2C)cc1F. The maximum atomic E-state index is 14.8. The van der Waals surface area contributed by atoms with Gasteiger partial charge in [0.25, 0.3) is 5.91 Å². The average Bonchev–Trinajstić information content (AvgIpc) is 3.40. The van der Waals surface area contributed by atoms with Crippen molar-refractivity contribution in [2.75, 3.05) is 5.32 Å². The number of rotatable bonds is 10. The van der Waals surface area contributed by atoms with Crippen LogP contribution in [0, 0.1) is 19.7 Å². The molecule has 3 aromatic heterocycles. The predicted octanol–water partition coefficient (Wildman–Crippen LogP) is 4.16. The summed E-state index contributed by atoms with van der Waals surface area (Å²) in [4.78, 5) is 29.2. The van der Waals surface area contributed by atoms with Gasteiger partial charge in [-0.05, 0) is 52.2 Å². The van der Waals surface area contributed by atoms with E-state index in [1.165, 1.54) is 23.1 Å². The average molecular weight is 510 g/mol. The lowest BCUT2D eigenvalue weighted by atomic mass is 10.1. The van der Waals surface area contributed by atoms with Gasteiger partial charge in [-0.25, -0.2) is 9.37 Å². The molecule has 9 nitrogen and oxygen atoms in total. The molecule has 0 saturated carbocycles. The Balaban J connectivity index is 1.77. The molecule has 0 saturated heterocycles. The lowest BCUT2D eigenvalue weighted by Gasteiger charge is -2.19. The van der Waals surface area contributed by atoms with E-state index < -0.39 is 28.5 Å². The summed E-state index contributed by atoms with van der Waals surface area (Å²) in [5.41, 5.74) is 3.08. The van der Waals surface area contributed by atoms with Gasteiger partial charge in [0.15, 0.2) is 11.6 Å². The van der Waals surface area contributed by atoms with Crippen LogP contribution in [-0.2, 0) is 11.3 Å². The van der Waals surface area contributed by atoms with Crippen LogP contribution in [0.5, 0.6) is 0 Å². The molecule has 3 aromatic rings. The summed E-state index contributed by atoms with van der Waals surface area (Å²) in [6.45, 7) is 5.97. The molecule has 3 N–H and O–H groups in total. The largest absolute Gasteiger partial charge is 0.339 e. The Morgan fingerprint density at radius 1 is 1.26 bits per heavy atom. The first kappa shape index (κ1) is 25.6. The van der Waals surface area contributed by atoms with Crippen molar-refractivity contribution >= 4 is 40.8 Å². The molecular weight excluding hydrogens is 484 g/mol. The number of aromatic nitrogens is 5. The molecule has 12 heteroatoms. The molecule has 0 fully saturated rings. The van der Waals surface area contributed by atoms with Crippen molar-refractivity contribution < 1.29 is 14.0 Å². The number of carbonyl (C=O) groups is 2. The van der Waals surface area contributed by atoms with E-state index in [1.54, 1.807) is 13.0 Å². The second-order valence-electron chi connectivity index (χ2n) is 7.73. The molecule has 182 valence electrons. The number of hydrogen-bond donors (Lipinski definition) is 3. The second-order valence-corrected chi connectivity index (χ2v) is 9.01. The van der Waals surface area contributed by atoms with Gasteiger partial charge in [-0.2, -0.15) is 10.2 Å². The molecule has 0 aliphatic rings. The third-order valence-corrected chi connectivity index (χ3v) is 5.72. The molecule has 0 spiro atoms. The lowest BCUT2D eigenvalue weighted by Crippen LogP contribution is -2.44. The fraction of sp³-hybridized carbons (Fsp3) is 0.409. The molecule has 3 rings (SSSR count). The molecule has 3 heterocycles. The van der Waals surface area contributed by atoms with Crippen molar-refractivity contribution in [3.8, 4) is 11.1 Å². The second kappa shape index (κ2) is 11.4. The van der Waals surface area contributed by atoms with E-state index >= 15 is 0 Å². The normalized spacial score (nSPS) is 12.1. The number of nitrogens with one attached hydrogen (secondary N) is 3. The Labute approximate surface area is 206 Å². The summed E-state index contributed by atoms with van der Waals surface area (Å²) in [5.74, 6) is -2.02. The smallest absolute Gasteiger partial charge is 0.270 e. The van der Waals surface area contributed by atoms with Gasteiger partial charge in [0.2, 0.25) is 5.91 Å². The summed E-state index contributed by atoms with van der Waals surface area (Å²) in [6, 6.07) is 1.88. The minimum Gasteiger partial charge on any atom is -0.339 e. The standard InChI is InChI=1S/C22H26Cl2FN7O2/c1-4-32-17(8-9-27-32)22(34)28-16(6-5-7-18(23)24)21(33)29-20-15(25)10-14(11-26-20)19-12(2)30-31-13(19)3/h8-11,16,18H,4-7H2,1-3H3,(H,28,34)(H,30,31)(H,26,29,33)/t16-/m1/s1. The summed E-state index contributed by atoms with van der Waals surface area (Å²) in [5, 5.41) is 16.2. The number of H-pyrrole nitrogens is 1. The molecule has 0 radical (unpaired) electrons. The molecule has 0 aliphatic heterocycles. The highest BCUT2D eigenvalue weighted by molar-refractivity contribution is 6.44. The number of pyridine rings is 1. The first-order valence-electron chi connectivity index (χ1n) is 10.8. The van der Waals surface area contributed by atoms with Crippen molar-refractivity contribution in [3.05, 3.63) is 47.4 Å². The molecule has 34 heavy (non-hydrogen) atoms. The van der Waals surface area contributed by atoms with E-state index in [4.69, 9.17) is 23.2 Å². The highest BCUT2D eigenvalue weighted by atomic mass is 35.5. The number of alkyl halides is 2. The monoisotopic (exact) mass is 509 g/mol. The summed E-state index contributed by atoms with van der Waals surface area (Å²) >= 11 is 11.6. The Bertz CT molecular complexity index is 1140. The molecule has 2 amide bonds. The van der Waals surface area contributed by atoms with Crippen LogP contribution in [0.4, 0.5) is 10.2 Å². The Hall–Kier alpha value is -2.98. The zero-order valence-corrected chi connectivity index (χ0v) is 20.5. The molecule has 0 aromatic carbocycles. The van der Waals surface area contributed by atoms with Crippen LogP contribution in [0.25, 0.3) is 11.1 Å². The van der Waals surface area contributed by atoms with Crippen LogP contribution in [0.3, 0.4) is 0 Å². The Morgan fingerprint density at radius 3 is 2.65 bits per heavy atom. The molecular formula is C22H26Cl2FN7O2. The van der Waals surface area contributed by atoms with E-state index in [2.05, 4.69) is 30.9 Å². The highest BCUT2D eigenvalue weighted by Crippen LogP contribution is 2.27. The van der Waals surface area contributed by atoms with Crippen molar-refractivity contribution in [2.45, 2.75) is 57.5 Å². The van der Waals surface area contributed by atoms with Gasteiger partial charge in [-0.3, -0.25) is 19.4 Å². The zero-order chi connectivity index (χ0) is 24.8. The van der Waals surface area contributed by atoms with E-state index in [9.17, 15) is 14.0 Å². The quantitative estimate of drug-likeness (QED) is 0.354. The Kier molecular flexibility index (Phi) is 8.62.